The molecule has 1 atom stereocenters. The van der Waals surface area contributed by atoms with E-state index < -0.39 is 11.7 Å². The van der Waals surface area contributed by atoms with Gasteiger partial charge in [0, 0.05) is 5.56 Å². The minimum atomic E-state index is -0.806. The van der Waals surface area contributed by atoms with Crippen molar-refractivity contribution in [3.05, 3.63) is 29.8 Å². The molecule has 1 saturated heterocycles. The molecule has 1 aromatic rings. The quantitative estimate of drug-likeness (QED) is 0.878. The number of amides is 1. The Morgan fingerprint density at radius 2 is 2.22 bits per heavy atom. The summed E-state index contributed by atoms with van der Waals surface area (Å²) >= 11 is 0. The molecule has 18 heavy (non-hydrogen) atoms. The summed E-state index contributed by atoms with van der Waals surface area (Å²) in [5.41, 5.74) is 0.109. The fourth-order valence-electron chi connectivity index (χ4n) is 2.02. The first-order chi connectivity index (χ1) is 8.58. The molecule has 2 rings (SSSR count). The highest BCUT2D eigenvalue weighted by molar-refractivity contribution is 5.70. The highest BCUT2D eigenvalue weighted by atomic mass is 16.6. The lowest BCUT2D eigenvalue weighted by Crippen LogP contribution is -2.34. The lowest BCUT2D eigenvalue weighted by atomic mass is 10.1. The second-order valence-electron chi connectivity index (χ2n) is 4.64. The molecule has 1 aliphatic heterocycles. The fourth-order valence-corrected chi connectivity index (χ4v) is 2.02. The van der Waals surface area contributed by atoms with Crippen LogP contribution in [0.25, 0.3) is 0 Å². The molecule has 1 unspecified atom stereocenters. The molecular formula is C13H17NO4. The number of aliphatic hydroxyl groups is 1. The van der Waals surface area contributed by atoms with E-state index in [1.807, 2.05) is 24.3 Å². The number of para-hydroxylation sites is 1. The lowest BCUT2D eigenvalue weighted by molar-refractivity contribution is 0.0219. The van der Waals surface area contributed by atoms with Crippen molar-refractivity contribution in [3.8, 4) is 5.75 Å². The minimum absolute atomic E-state index is 0.179. The summed E-state index contributed by atoms with van der Waals surface area (Å²) in [4.78, 5) is 13.3. The van der Waals surface area contributed by atoms with E-state index in [9.17, 15) is 9.90 Å². The first kappa shape index (κ1) is 12.7. The van der Waals surface area contributed by atoms with Crippen LogP contribution in [0.5, 0.6) is 5.75 Å². The molecule has 0 bridgehead atoms. The Morgan fingerprint density at radius 3 is 2.83 bits per heavy atom. The number of hydrogen-bond acceptors (Lipinski definition) is 4. The Balaban J connectivity index is 2.13. The maximum atomic E-state index is 11.7. The van der Waals surface area contributed by atoms with E-state index in [1.165, 1.54) is 0 Å². The van der Waals surface area contributed by atoms with Gasteiger partial charge in [-0.15, -0.1) is 0 Å². The number of aliphatic hydroxyl groups excluding tert-OH is 1. The Kier molecular flexibility index (Phi) is 3.43. The number of carbonyl (C=O) groups excluding carboxylic acids is 1. The number of rotatable bonds is 4. The maximum Gasteiger partial charge on any atom is 0.410 e. The zero-order valence-electron chi connectivity index (χ0n) is 10.5. The standard InChI is InChI=1S/C13H17NO4/c1-13(9-15)8-14(12(16)18-13)7-10-5-3-4-6-11(10)17-2/h3-6,15H,7-9H2,1-2H3. The SMILES string of the molecule is COc1ccccc1CN1CC(C)(CO)OC1=O. The first-order valence-corrected chi connectivity index (χ1v) is 5.79. The molecule has 0 aliphatic carbocycles. The third kappa shape index (κ3) is 2.41. The first-order valence-electron chi connectivity index (χ1n) is 5.79. The molecule has 1 heterocycles. The van der Waals surface area contributed by atoms with Crippen LogP contribution in [0, 0.1) is 0 Å². The number of carbonyl (C=O) groups is 1. The predicted octanol–water partition coefficient (Wildman–Crippen LogP) is 1.40. The normalized spacial score (nSPS) is 23.1. The van der Waals surface area contributed by atoms with Gasteiger partial charge in [-0.1, -0.05) is 18.2 Å². The van der Waals surface area contributed by atoms with Gasteiger partial charge in [0.05, 0.1) is 26.8 Å². The van der Waals surface area contributed by atoms with Gasteiger partial charge >= 0.3 is 6.09 Å². The number of nitrogens with zero attached hydrogens (tertiary/aromatic N) is 1. The third-order valence-corrected chi connectivity index (χ3v) is 3.01. The van der Waals surface area contributed by atoms with Crippen molar-refractivity contribution in [1.82, 2.24) is 4.90 Å². The number of ether oxygens (including phenoxy) is 2. The summed E-state index contributed by atoms with van der Waals surface area (Å²) in [7, 11) is 1.60. The zero-order valence-corrected chi connectivity index (χ0v) is 10.5. The van der Waals surface area contributed by atoms with Crippen molar-refractivity contribution in [1.29, 1.82) is 0 Å². The number of benzene rings is 1. The molecule has 0 saturated carbocycles. The fraction of sp³-hybridized carbons (Fsp3) is 0.462. The molecule has 1 aliphatic rings. The maximum absolute atomic E-state index is 11.7. The molecule has 1 N–H and O–H groups in total. The van der Waals surface area contributed by atoms with E-state index in [2.05, 4.69) is 0 Å². The predicted molar refractivity (Wildman–Crippen MR) is 65.4 cm³/mol. The van der Waals surface area contributed by atoms with Gasteiger partial charge in [-0.2, -0.15) is 0 Å². The Labute approximate surface area is 106 Å². The van der Waals surface area contributed by atoms with Gasteiger partial charge in [-0.25, -0.2) is 4.79 Å². The molecule has 1 fully saturated rings. The van der Waals surface area contributed by atoms with Crippen molar-refractivity contribution in [2.24, 2.45) is 0 Å². The Hall–Kier alpha value is -1.75. The molecule has 0 aromatic heterocycles. The van der Waals surface area contributed by atoms with E-state index in [0.29, 0.717) is 13.1 Å². The van der Waals surface area contributed by atoms with Crippen molar-refractivity contribution < 1.29 is 19.4 Å². The van der Waals surface area contributed by atoms with Crippen LogP contribution in [0.4, 0.5) is 4.79 Å². The van der Waals surface area contributed by atoms with E-state index in [1.54, 1.807) is 18.9 Å². The van der Waals surface area contributed by atoms with Crippen molar-refractivity contribution >= 4 is 6.09 Å². The zero-order chi connectivity index (χ0) is 13.2. The summed E-state index contributed by atoms with van der Waals surface area (Å²) in [5, 5.41) is 9.20. The van der Waals surface area contributed by atoms with Gasteiger partial charge in [0.1, 0.15) is 5.75 Å². The molecule has 1 amide bonds. The number of cyclic esters (lactones) is 1. The van der Waals surface area contributed by atoms with Crippen molar-refractivity contribution in [3.63, 3.8) is 0 Å². The number of hydrogen-bond donors (Lipinski definition) is 1. The summed E-state index contributed by atoms with van der Waals surface area (Å²) < 4.78 is 10.4. The van der Waals surface area contributed by atoms with Gasteiger partial charge in [0.2, 0.25) is 0 Å². The van der Waals surface area contributed by atoms with Crippen LogP contribution in [-0.4, -0.2) is 42.0 Å². The van der Waals surface area contributed by atoms with E-state index in [-0.39, 0.29) is 6.61 Å². The third-order valence-electron chi connectivity index (χ3n) is 3.01. The summed E-state index contributed by atoms with van der Waals surface area (Å²) in [6.07, 6.45) is -0.405. The Morgan fingerprint density at radius 1 is 1.50 bits per heavy atom. The van der Waals surface area contributed by atoms with Gasteiger partial charge in [0.25, 0.3) is 0 Å². The molecule has 98 valence electrons. The topological polar surface area (TPSA) is 59.0 Å². The summed E-state index contributed by atoms with van der Waals surface area (Å²) in [6.45, 7) is 2.33. The summed E-state index contributed by atoms with van der Waals surface area (Å²) in [6, 6.07) is 7.52. The highest BCUT2D eigenvalue weighted by Gasteiger charge is 2.40. The molecule has 0 spiro atoms. The average Bonchev–Trinajstić information content (AvgIpc) is 2.66. The monoisotopic (exact) mass is 251 g/mol. The van der Waals surface area contributed by atoms with E-state index in [0.717, 1.165) is 11.3 Å². The van der Waals surface area contributed by atoms with Crippen LogP contribution < -0.4 is 4.74 Å². The number of methoxy groups -OCH3 is 1. The molecule has 5 nitrogen and oxygen atoms in total. The second kappa shape index (κ2) is 4.86. The van der Waals surface area contributed by atoms with Crippen LogP contribution in [0.3, 0.4) is 0 Å². The van der Waals surface area contributed by atoms with Crippen molar-refractivity contribution in [2.45, 2.75) is 19.1 Å². The van der Waals surface area contributed by atoms with Gasteiger partial charge in [0.15, 0.2) is 5.60 Å². The van der Waals surface area contributed by atoms with Crippen LogP contribution >= 0.6 is 0 Å². The smallest absolute Gasteiger partial charge is 0.410 e. The second-order valence-corrected chi connectivity index (χ2v) is 4.64. The average molecular weight is 251 g/mol. The van der Waals surface area contributed by atoms with Gasteiger partial charge in [-0.05, 0) is 13.0 Å². The van der Waals surface area contributed by atoms with Gasteiger partial charge in [-0.3, -0.25) is 4.90 Å². The molecule has 1 aromatic carbocycles. The highest BCUT2D eigenvalue weighted by Crippen LogP contribution is 2.26. The van der Waals surface area contributed by atoms with E-state index in [4.69, 9.17) is 9.47 Å². The van der Waals surface area contributed by atoms with Crippen LogP contribution in [0.2, 0.25) is 0 Å². The van der Waals surface area contributed by atoms with Crippen LogP contribution in [0.1, 0.15) is 12.5 Å². The molecule has 0 radical (unpaired) electrons. The van der Waals surface area contributed by atoms with E-state index >= 15 is 0 Å². The van der Waals surface area contributed by atoms with Crippen LogP contribution in [-0.2, 0) is 11.3 Å². The lowest BCUT2D eigenvalue weighted by Gasteiger charge is -2.18. The molecule has 5 heteroatoms. The summed E-state index contributed by atoms with van der Waals surface area (Å²) in [5.74, 6) is 0.739. The Bertz CT molecular complexity index is 448. The minimum Gasteiger partial charge on any atom is -0.496 e. The van der Waals surface area contributed by atoms with Crippen molar-refractivity contribution in [2.75, 3.05) is 20.3 Å². The largest absolute Gasteiger partial charge is 0.496 e. The van der Waals surface area contributed by atoms with Crippen LogP contribution in [0.15, 0.2) is 24.3 Å². The van der Waals surface area contributed by atoms with Gasteiger partial charge < -0.3 is 14.6 Å². The molecular weight excluding hydrogens is 234 g/mol.